The highest BCUT2D eigenvalue weighted by molar-refractivity contribution is 6.35. The fraction of sp³-hybridized carbons (Fsp3) is 0.412. The smallest absolute Gasteiger partial charge is 0.217 e. The number of benzene rings is 1. The topological polar surface area (TPSA) is 65.2 Å². The van der Waals surface area contributed by atoms with Crippen molar-refractivity contribution in [2.24, 2.45) is 0 Å². The van der Waals surface area contributed by atoms with Crippen LogP contribution in [0, 0.1) is 0 Å². The number of piperidine rings is 1. The maximum Gasteiger partial charge on any atom is 0.217 e. The molecule has 0 bridgehead atoms. The van der Waals surface area contributed by atoms with Gasteiger partial charge in [-0.25, -0.2) is 0 Å². The highest BCUT2D eigenvalue weighted by atomic mass is 35.5. The largest absolute Gasteiger partial charge is 0.356 e. The van der Waals surface area contributed by atoms with Crippen molar-refractivity contribution >= 4 is 28.4 Å². The molecule has 1 aliphatic rings. The molecular formula is C17H20ClN3O2. The minimum Gasteiger partial charge on any atom is -0.356 e. The van der Waals surface area contributed by atoms with Crippen LogP contribution in [0.3, 0.4) is 0 Å². The number of para-hydroxylation sites is 1. The lowest BCUT2D eigenvalue weighted by molar-refractivity contribution is -0.120. The van der Waals surface area contributed by atoms with Crippen molar-refractivity contribution in [3.8, 4) is 0 Å². The fourth-order valence-electron chi connectivity index (χ4n) is 3.22. The predicted octanol–water partition coefficient (Wildman–Crippen LogP) is 2.28. The van der Waals surface area contributed by atoms with Gasteiger partial charge in [-0.1, -0.05) is 17.7 Å². The third kappa shape index (κ3) is 3.74. The van der Waals surface area contributed by atoms with Gasteiger partial charge in [-0.2, -0.15) is 0 Å². The second-order valence-electron chi connectivity index (χ2n) is 6.10. The van der Waals surface area contributed by atoms with Crippen molar-refractivity contribution in [3.05, 3.63) is 45.2 Å². The first kappa shape index (κ1) is 16.0. The lowest BCUT2D eigenvalue weighted by Gasteiger charge is -2.32. The molecule has 0 saturated carbocycles. The Morgan fingerprint density at radius 2 is 2.30 bits per heavy atom. The number of carbonyl (C=O) groups is 1. The summed E-state index contributed by atoms with van der Waals surface area (Å²) in [6.07, 6.45) is 2.03. The predicted molar refractivity (Wildman–Crippen MR) is 91.7 cm³/mol. The van der Waals surface area contributed by atoms with E-state index in [2.05, 4.69) is 15.2 Å². The van der Waals surface area contributed by atoms with E-state index >= 15 is 0 Å². The zero-order valence-electron chi connectivity index (χ0n) is 13.1. The molecule has 3 rings (SSSR count). The number of halogens is 1. The van der Waals surface area contributed by atoms with Crippen molar-refractivity contribution in [1.29, 1.82) is 0 Å². The Bertz CT molecular complexity index is 787. The van der Waals surface area contributed by atoms with Gasteiger partial charge < -0.3 is 10.3 Å². The number of aromatic nitrogens is 1. The van der Waals surface area contributed by atoms with E-state index in [1.54, 1.807) is 31.2 Å². The van der Waals surface area contributed by atoms with Gasteiger partial charge in [-0.05, 0) is 31.5 Å². The number of carbonyl (C=O) groups excluding carboxylic acids is 1. The van der Waals surface area contributed by atoms with E-state index < -0.39 is 0 Å². The van der Waals surface area contributed by atoms with Gasteiger partial charge in [0.25, 0.3) is 0 Å². The molecular weight excluding hydrogens is 314 g/mol. The normalized spacial score (nSPS) is 19.0. The number of aromatic amines is 1. The molecule has 1 aliphatic heterocycles. The molecule has 1 saturated heterocycles. The molecule has 2 heterocycles. The van der Waals surface area contributed by atoms with E-state index in [9.17, 15) is 9.59 Å². The number of amides is 1. The quantitative estimate of drug-likeness (QED) is 0.905. The van der Waals surface area contributed by atoms with E-state index in [0.29, 0.717) is 22.5 Å². The number of H-pyrrole nitrogens is 1. The van der Waals surface area contributed by atoms with Gasteiger partial charge in [0, 0.05) is 43.2 Å². The molecule has 1 amide bonds. The Hall–Kier alpha value is -1.85. The van der Waals surface area contributed by atoms with Gasteiger partial charge in [0.1, 0.15) is 0 Å². The van der Waals surface area contributed by atoms with E-state index in [-0.39, 0.29) is 17.4 Å². The second-order valence-corrected chi connectivity index (χ2v) is 6.50. The third-order valence-electron chi connectivity index (χ3n) is 4.18. The summed E-state index contributed by atoms with van der Waals surface area (Å²) in [7, 11) is 0. The molecule has 1 aromatic heterocycles. The molecule has 122 valence electrons. The van der Waals surface area contributed by atoms with Gasteiger partial charge >= 0.3 is 0 Å². The fourth-order valence-corrected chi connectivity index (χ4v) is 3.44. The van der Waals surface area contributed by atoms with E-state index in [1.165, 1.54) is 0 Å². The summed E-state index contributed by atoms with van der Waals surface area (Å²) in [5, 5.41) is 4.13. The Balaban J connectivity index is 1.80. The number of hydrogen-bond acceptors (Lipinski definition) is 3. The average Bonchev–Trinajstić information content (AvgIpc) is 2.48. The second kappa shape index (κ2) is 6.72. The van der Waals surface area contributed by atoms with Crippen LogP contribution in [0.4, 0.5) is 0 Å². The maximum atomic E-state index is 12.2. The van der Waals surface area contributed by atoms with Crippen LogP contribution in [0.15, 0.2) is 29.1 Å². The van der Waals surface area contributed by atoms with Crippen LogP contribution in [0.2, 0.25) is 5.02 Å². The number of pyridine rings is 1. The van der Waals surface area contributed by atoms with Gasteiger partial charge in [-0.3, -0.25) is 14.5 Å². The lowest BCUT2D eigenvalue weighted by atomic mass is 10.1. The summed E-state index contributed by atoms with van der Waals surface area (Å²) < 4.78 is 0. The van der Waals surface area contributed by atoms with Gasteiger partial charge in [-0.15, -0.1) is 0 Å². The zero-order chi connectivity index (χ0) is 16.4. The Morgan fingerprint density at radius 1 is 1.48 bits per heavy atom. The molecule has 6 heteroatoms. The summed E-state index contributed by atoms with van der Waals surface area (Å²) in [5.74, 6) is 0.00254. The lowest BCUT2D eigenvalue weighted by Crippen LogP contribution is -2.46. The molecule has 0 unspecified atom stereocenters. The van der Waals surface area contributed by atoms with Crippen molar-refractivity contribution in [2.75, 3.05) is 13.1 Å². The van der Waals surface area contributed by atoms with Crippen LogP contribution >= 0.6 is 11.6 Å². The number of fused-ring (bicyclic) bond motifs is 1. The van der Waals surface area contributed by atoms with E-state index in [4.69, 9.17) is 11.6 Å². The monoisotopic (exact) mass is 333 g/mol. The van der Waals surface area contributed by atoms with Crippen LogP contribution < -0.4 is 10.7 Å². The highest BCUT2D eigenvalue weighted by Gasteiger charge is 2.21. The maximum absolute atomic E-state index is 12.2. The van der Waals surface area contributed by atoms with Crippen LogP contribution in [0.5, 0.6) is 0 Å². The number of hydrogen-bond donors (Lipinski definition) is 2. The minimum atomic E-state index is -0.0216. The van der Waals surface area contributed by atoms with Crippen LogP contribution in [-0.4, -0.2) is 34.9 Å². The molecule has 1 aromatic carbocycles. The number of rotatable bonds is 3. The van der Waals surface area contributed by atoms with Crippen LogP contribution in [0.25, 0.3) is 10.9 Å². The van der Waals surface area contributed by atoms with Crippen molar-refractivity contribution < 1.29 is 4.79 Å². The first-order valence-electron chi connectivity index (χ1n) is 7.83. The summed E-state index contributed by atoms with van der Waals surface area (Å²) in [5.41, 5.74) is 1.51. The highest BCUT2D eigenvalue weighted by Crippen LogP contribution is 2.20. The summed E-state index contributed by atoms with van der Waals surface area (Å²) in [4.78, 5) is 29.0. The van der Waals surface area contributed by atoms with Gasteiger partial charge in [0.2, 0.25) is 5.91 Å². The van der Waals surface area contributed by atoms with Crippen LogP contribution in [-0.2, 0) is 11.3 Å². The molecule has 0 aliphatic carbocycles. The average molecular weight is 334 g/mol. The number of nitrogens with one attached hydrogen (secondary N) is 2. The zero-order valence-corrected chi connectivity index (χ0v) is 13.8. The van der Waals surface area contributed by atoms with Gasteiger partial charge in [0.15, 0.2) is 5.43 Å². The van der Waals surface area contributed by atoms with Crippen molar-refractivity contribution in [2.45, 2.75) is 32.4 Å². The molecule has 0 radical (unpaired) electrons. The van der Waals surface area contributed by atoms with Gasteiger partial charge in [0.05, 0.1) is 10.5 Å². The molecule has 0 spiro atoms. The van der Waals surface area contributed by atoms with E-state index in [1.807, 2.05) is 0 Å². The van der Waals surface area contributed by atoms with Crippen molar-refractivity contribution in [1.82, 2.24) is 15.2 Å². The number of likely N-dealkylation sites (tertiary alicyclic amines) is 1. The summed E-state index contributed by atoms with van der Waals surface area (Å²) in [6.45, 7) is 3.94. The Morgan fingerprint density at radius 3 is 3.09 bits per heavy atom. The first-order chi connectivity index (χ1) is 11.0. The minimum absolute atomic E-state index is 0.00254. The van der Waals surface area contributed by atoms with E-state index in [0.717, 1.165) is 31.6 Å². The third-order valence-corrected chi connectivity index (χ3v) is 4.49. The standard InChI is InChI=1S/C17H20ClN3O2/c1-11(22)19-12-4-3-7-21(9-12)10-13-8-16(23)14-5-2-6-15(18)17(14)20-13/h2,5-6,8,12H,3-4,7,9-10H2,1H3,(H,19,22)(H,20,23)/t12-/m0/s1. The summed E-state index contributed by atoms with van der Waals surface area (Å²) in [6, 6.07) is 7.15. The molecule has 2 aromatic rings. The first-order valence-corrected chi connectivity index (χ1v) is 8.20. The van der Waals surface area contributed by atoms with Crippen molar-refractivity contribution in [3.63, 3.8) is 0 Å². The molecule has 23 heavy (non-hydrogen) atoms. The Kier molecular flexibility index (Phi) is 4.68. The molecule has 5 nitrogen and oxygen atoms in total. The molecule has 2 N–H and O–H groups in total. The molecule has 1 fully saturated rings. The number of nitrogens with zero attached hydrogens (tertiary/aromatic N) is 1. The van der Waals surface area contributed by atoms with Crippen LogP contribution in [0.1, 0.15) is 25.5 Å². The molecule has 1 atom stereocenters. The summed E-state index contributed by atoms with van der Waals surface area (Å²) >= 11 is 6.19. The Labute approximate surface area is 139 Å². The SMILES string of the molecule is CC(=O)N[C@H]1CCCN(Cc2cc(=O)c3cccc(Cl)c3[nH]2)C1.